The molecule has 2 heterocycles. The highest BCUT2D eigenvalue weighted by Crippen LogP contribution is 2.68. The van der Waals surface area contributed by atoms with Crippen LogP contribution in [0, 0.1) is 11.3 Å². The van der Waals surface area contributed by atoms with E-state index in [1.807, 2.05) is 18.2 Å². The van der Waals surface area contributed by atoms with E-state index < -0.39 is 21.6 Å². The monoisotopic (exact) mass is 493 g/mol. The number of rotatable bonds is 5. The van der Waals surface area contributed by atoms with Gasteiger partial charge < -0.3 is 10.6 Å². The molecule has 0 amide bonds. The largest absolute Gasteiger partial charge is 0.511 e. The van der Waals surface area contributed by atoms with E-state index in [0.29, 0.717) is 27.3 Å². The second-order valence-electron chi connectivity index (χ2n) is 10.3. The number of hydrogen-bond donors (Lipinski definition) is 1. The summed E-state index contributed by atoms with van der Waals surface area (Å²) in [6.07, 6.45) is 7.67. The van der Waals surface area contributed by atoms with Gasteiger partial charge in [0.25, 0.3) is 0 Å². The van der Waals surface area contributed by atoms with Crippen LogP contribution in [0.2, 0.25) is 0 Å². The number of nitrogens with zero attached hydrogens (tertiary/aromatic N) is 4. The summed E-state index contributed by atoms with van der Waals surface area (Å²) < 4.78 is 67.3. The van der Waals surface area contributed by atoms with Crippen LogP contribution >= 0.6 is 0 Å². The van der Waals surface area contributed by atoms with Gasteiger partial charge in [-0.25, -0.2) is 18.4 Å². The number of halogens is 3. The number of fused-ring (bicyclic) bond motifs is 1. The minimum atomic E-state index is -5.49. The molecule has 0 spiro atoms. The molecule has 1 unspecified atom stereocenters. The minimum Gasteiger partial charge on any atom is -0.396 e. The third-order valence-corrected chi connectivity index (χ3v) is 9.61. The molecule has 34 heavy (non-hydrogen) atoms. The van der Waals surface area contributed by atoms with Gasteiger partial charge in [0.15, 0.2) is 0 Å². The van der Waals surface area contributed by atoms with E-state index in [2.05, 4.69) is 14.9 Å². The van der Waals surface area contributed by atoms with Gasteiger partial charge in [-0.3, -0.25) is 0 Å². The molecule has 1 aliphatic heterocycles. The molecule has 2 N–H and O–H groups in total. The number of nitrogens with two attached hydrogens (primary N) is 1. The Hall–Kier alpha value is -2.40. The molecule has 182 valence electrons. The summed E-state index contributed by atoms with van der Waals surface area (Å²) in [6, 6.07) is 5.36. The number of aromatic nitrogens is 2. The van der Waals surface area contributed by atoms with E-state index in [-0.39, 0.29) is 31.0 Å². The lowest BCUT2D eigenvalue weighted by atomic mass is 9.41. The summed E-state index contributed by atoms with van der Waals surface area (Å²) in [5.74, 6) is 1.34. The summed E-state index contributed by atoms with van der Waals surface area (Å²) in [5, 5.41) is 0. The van der Waals surface area contributed by atoms with Crippen LogP contribution in [-0.4, -0.2) is 40.8 Å². The van der Waals surface area contributed by atoms with Crippen molar-refractivity contribution in [3.8, 4) is 0 Å². The van der Waals surface area contributed by atoms with Crippen LogP contribution in [0.5, 0.6) is 0 Å². The maximum Gasteiger partial charge on any atom is 0.511 e. The number of nitrogen functional groups attached to an aromatic ring is 1. The van der Waals surface area contributed by atoms with E-state index in [9.17, 15) is 21.6 Å². The highest BCUT2D eigenvalue weighted by Gasteiger charge is 2.63. The number of alkyl halides is 3. The van der Waals surface area contributed by atoms with Gasteiger partial charge in [0.05, 0.1) is 24.6 Å². The number of anilines is 2. The maximum absolute atomic E-state index is 13.7. The van der Waals surface area contributed by atoms with E-state index in [1.165, 1.54) is 12.4 Å². The number of sulfonamides is 1. The highest BCUT2D eigenvalue weighted by molar-refractivity contribution is 7.89. The van der Waals surface area contributed by atoms with Crippen molar-refractivity contribution in [2.24, 2.45) is 11.3 Å². The summed E-state index contributed by atoms with van der Waals surface area (Å²) in [5.41, 5.74) is 3.04. The molecule has 1 aromatic heterocycles. The van der Waals surface area contributed by atoms with Crippen molar-refractivity contribution < 1.29 is 21.6 Å². The molecule has 1 atom stereocenters. The molecule has 0 radical (unpaired) electrons. The molecule has 2 aromatic rings. The molecular formula is C23H26F3N5O2S. The van der Waals surface area contributed by atoms with E-state index in [1.54, 1.807) is 0 Å². The van der Waals surface area contributed by atoms with Gasteiger partial charge in [0.1, 0.15) is 5.82 Å². The highest BCUT2D eigenvalue weighted by atomic mass is 32.2. The van der Waals surface area contributed by atoms with Crippen LogP contribution in [0.4, 0.5) is 24.5 Å². The molecule has 4 saturated carbocycles. The average Bonchev–Trinajstić information content (AvgIpc) is 3.55. The average molecular weight is 494 g/mol. The minimum absolute atomic E-state index is 0.185. The second-order valence-corrected chi connectivity index (χ2v) is 12.2. The molecule has 7 nitrogen and oxygen atoms in total. The first-order valence-electron chi connectivity index (χ1n) is 11.6. The molecule has 5 aliphatic rings. The van der Waals surface area contributed by atoms with Crippen molar-refractivity contribution in [3.63, 3.8) is 0 Å². The maximum atomic E-state index is 13.7. The predicted octanol–water partition coefficient (Wildman–Crippen LogP) is 3.78. The lowest BCUT2D eigenvalue weighted by Gasteiger charge is -2.67. The molecule has 4 fully saturated rings. The lowest BCUT2D eigenvalue weighted by molar-refractivity contribution is -0.129. The van der Waals surface area contributed by atoms with Gasteiger partial charge in [0.2, 0.25) is 0 Å². The molecule has 0 saturated heterocycles. The van der Waals surface area contributed by atoms with Crippen molar-refractivity contribution in [2.45, 2.75) is 62.7 Å². The van der Waals surface area contributed by atoms with Crippen molar-refractivity contribution in [1.29, 1.82) is 0 Å². The Balaban J connectivity index is 1.49. The molecule has 7 rings (SSSR count). The number of benzene rings is 1. The zero-order valence-corrected chi connectivity index (χ0v) is 19.3. The SMILES string of the molecule is Nc1cnc(CN2c3cccc(C4CC4)c3CN(S(=O)(=O)C(F)(F)F)CC2C23CC(C2)C3)nc1. The van der Waals surface area contributed by atoms with Crippen LogP contribution in [-0.2, 0) is 23.1 Å². The first-order valence-corrected chi connectivity index (χ1v) is 13.0. The van der Waals surface area contributed by atoms with Crippen LogP contribution < -0.4 is 10.6 Å². The molecule has 11 heteroatoms. The quantitative estimate of drug-likeness (QED) is 0.682. The summed E-state index contributed by atoms with van der Waals surface area (Å²) in [6.45, 7) is -0.209. The van der Waals surface area contributed by atoms with Crippen molar-refractivity contribution in [1.82, 2.24) is 14.3 Å². The Morgan fingerprint density at radius 2 is 1.79 bits per heavy atom. The Morgan fingerprint density at radius 1 is 1.12 bits per heavy atom. The summed E-state index contributed by atoms with van der Waals surface area (Å²) in [7, 11) is -5.49. The van der Waals surface area contributed by atoms with Crippen molar-refractivity contribution in [2.75, 3.05) is 17.2 Å². The Labute approximate surface area is 196 Å². The van der Waals surface area contributed by atoms with Crippen molar-refractivity contribution in [3.05, 3.63) is 47.5 Å². The Bertz CT molecular complexity index is 1210. The first-order chi connectivity index (χ1) is 16.1. The molecule has 1 aromatic carbocycles. The zero-order valence-electron chi connectivity index (χ0n) is 18.5. The first kappa shape index (κ1) is 22.1. The lowest BCUT2D eigenvalue weighted by Crippen LogP contribution is -2.66. The van der Waals surface area contributed by atoms with Gasteiger partial charge in [-0.2, -0.15) is 17.5 Å². The smallest absolute Gasteiger partial charge is 0.396 e. The van der Waals surface area contributed by atoms with Gasteiger partial charge in [-0.15, -0.1) is 0 Å². The normalized spacial score (nSPS) is 29.1. The summed E-state index contributed by atoms with van der Waals surface area (Å²) in [4.78, 5) is 10.8. The topological polar surface area (TPSA) is 92.4 Å². The van der Waals surface area contributed by atoms with Gasteiger partial charge >= 0.3 is 15.5 Å². The van der Waals surface area contributed by atoms with Gasteiger partial charge in [-0.1, -0.05) is 12.1 Å². The zero-order chi connectivity index (χ0) is 23.9. The molecule has 4 aliphatic carbocycles. The van der Waals surface area contributed by atoms with E-state index in [4.69, 9.17) is 5.73 Å². The fourth-order valence-electron chi connectivity index (χ4n) is 6.11. The van der Waals surface area contributed by atoms with Crippen LogP contribution in [0.1, 0.15) is 55.0 Å². The Kier molecular flexibility index (Phi) is 4.74. The fraction of sp³-hybridized carbons (Fsp3) is 0.565. The standard InChI is InChI=1S/C23H26F3N5O2S/c24-23(25,26)34(32,33)30-11-18-17(15-4-5-15)2-1-3-19(18)31(13-21-28-9-16(27)10-29-21)20(12-30)22-6-14(7-22)8-22/h1-3,9-10,14-15,20H,4-8,11-13,27H2. The van der Waals surface area contributed by atoms with E-state index in [0.717, 1.165) is 43.4 Å². The Morgan fingerprint density at radius 3 is 2.35 bits per heavy atom. The fourth-order valence-corrected chi connectivity index (χ4v) is 7.04. The van der Waals surface area contributed by atoms with Gasteiger partial charge in [-0.05, 0) is 66.5 Å². The number of hydrogen-bond acceptors (Lipinski definition) is 6. The van der Waals surface area contributed by atoms with Gasteiger partial charge in [0, 0.05) is 24.8 Å². The predicted molar refractivity (Wildman–Crippen MR) is 120 cm³/mol. The third-order valence-electron chi connectivity index (χ3n) is 8.06. The van der Waals surface area contributed by atoms with Crippen molar-refractivity contribution >= 4 is 21.4 Å². The second kappa shape index (κ2) is 7.30. The third kappa shape index (κ3) is 3.38. The van der Waals surface area contributed by atoms with Crippen LogP contribution in [0.25, 0.3) is 0 Å². The van der Waals surface area contributed by atoms with Crippen LogP contribution in [0.15, 0.2) is 30.6 Å². The molecule has 2 bridgehead atoms. The van der Waals surface area contributed by atoms with E-state index >= 15 is 0 Å². The summed E-state index contributed by atoms with van der Waals surface area (Å²) >= 11 is 0. The molecular weight excluding hydrogens is 467 g/mol. The van der Waals surface area contributed by atoms with Crippen LogP contribution in [0.3, 0.4) is 0 Å².